The lowest BCUT2D eigenvalue weighted by atomic mass is 9.85. The first-order valence-electron chi connectivity index (χ1n) is 7.75. The van der Waals surface area contributed by atoms with E-state index in [-0.39, 0.29) is 11.9 Å². The van der Waals surface area contributed by atoms with Gasteiger partial charge in [-0.2, -0.15) is 0 Å². The van der Waals surface area contributed by atoms with Gasteiger partial charge in [-0.1, -0.05) is 48.5 Å². The standard InChI is InChI=1S/C19H20N2O2/c1-2-23-19(22)18(20)17(13-8-4-3-5-9-13)15-12-21-16-11-7-6-10-14(15)16/h3-12,17-18,21H,2,20H2,1H3. The van der Waals surface area contributed by atoms with E-state index in [1.54, 1.807) is 6.92 Å². The zero-order valence-electron chi connectivity index (χ0n) is 13.0. The van der Waals surface area contributed by atoms with Gasteiger partial charge >= 0.3 is 5.97 Å². The van der Waals surface area contributed by atoms with Crippen LogP contribution in [0.5, 0.6) is 0 Å². The molecule has 1 heterocycles. The van der Waals surface area contributed by atoms with Gasteiger partial charge in [0.05, 0.1) is 6.61 Å². The molecule has 2 unspecified atom stereocenters. The molecular weight excluding hydrogens is 288 g/mol. The van der Waals surface area contributed by atoms with Gasteiger partial charge < -0.3 is 15.5 Å². The summed E-state index contributed by atoms with van der Waals surface area (Å²) in [5.74, 6) is -0.641. The average Bonchev–Trinajstić information content (AvgIpc) is 3.00. The fourth-order valence-electron chi connectivity index (χ4n) is 2.97. The number of para-hydroxylation sites is 1. The zero-order valence-corrected chi connectivity index (χ0v) is 13.0. The monoisotopic (exact) mass is 308 g/mol. The smallest absolute Gasteiger partial charge is 0.323 e. The summed E-state index contributed by atoms with van der Waals surface area (Å²) in [7, 11) is 0. The second-order valence-corrected chi connectivity index (χ2v) is 5.46. The van der Waals surface area contributed by atoms with E-state index in [0.29, 0.717) is 6.61 Å². The lowest BCUT2D eigenvalue weighted by Crippen LogP contribution is -2.38. The number of hydrogen-bond acceptors (Lipinski definition) is 3. The summed E-state index contributed by atoms with van der Waals surface area (Å²) >= 11 is 0. The maximum absolute atomic E-state index is 12.2. The van der Waals surface area contributed by atoms with Crippen LogP contribution in [0.2, 0.25) is 0 Å². The molecule has 0 aliphatic rings. The highest BCUT2D eigenvalue weighted by Crippen LogP contribution is 2.33. The van der Waals surface area contributed by atoms with E-state index in [1.807, 2.05) is 60.8 Å². The number of H-pyrrole nitrogens is 1. The maximum atomic E-state index is 12.2. The number of benzene rings is 2. The minimum absolute atomic E-state index is 0.258. The van der Waals surface area contributed by atoms with Gasteiger partial charge in [-0.3, -0.25) is 4.79 Å². The van der Waals surface area contributed by atoms with E-state index < -0.39 is 6.04 Å². The number of esters is 1. The molecule has 3 rings (SSSR count). The Bertz CT molecular complexity index is 795. The number of carbonyl (C=O) groups excluding carboxylic acids is 1. The van der Waals surface area contributed by atoms with Gasteiger partial charge in [0.2, 0.25) is 0 Å². The van der Waals surface area contributed by atoms with Crippen molar-refractivity contribution in [2.75, 3.05) is 6.61 Å². The molecular formula is C19H20N2O2. The van der Waals surface area contributed by atoms with E-state index in [2.05, 4.69) is 4.98 Å². The Labute approximate surface area is 135 Å². The number of ether oxygens (including phenoxy) is 1. The molecule has 0 radical (unpaired) electrons. The van der Waals surface area contributed by atoms with Crippen molar-refractivity contribution in [2.24, 2.45) is 5.73 Å². The number of hydrogen-bond donors (Lipinski definition) is 2. The third kappa shape index (κ3) is 2.98. The molecule has 0 spiro atoms. The van der Waals surface area contributed by atoms with Crippen LogP contribution in [0.1, 0.15) is 24.0 Å². The van der Waals surface area contributed by atoms with Crippen LogP contribution in [0.25, 0.3) is 10.9 Å². The van der Waals surface area contributed by atoms with Crippen molar-refractivity contribution in [3.63, 3.8) is 0 Å². The van der Waals surface area contributed by atoms with Crippen LogP contribution >= 0.6 is 0 Å². The van der Waals surface area contributed by atoms with Crippen LogP contribution in [0, 0.1) is 0 Å². The van der Waals surface area contributed by atoms with Gasteiger partial charge in [0.25, 0.3) is 0 Å². The SMILES string of the molecule is CCOC(=O)C(N)C(c1ccccc1)c1c[nH]c2ccccc12. The topological polar surface area (TPSA) is 68.1 Å². The Balaban J connectivity index is 2.10. The van der Waals surface area contributed by atoms with E-state index >= 15 is 0 Å². The normalized spacial score (nSPS) is 13.7. The Morgan fingerprint density at radius 3 is 2.57 bits per heavy atom. The lowest BCUT2D eigenvalue weighted by Gasteiger charge is -2.23. The van der Waals surface area contributed by atoms with E-state index in [9.17, 15) is 4.79 Å². The summed E-state index contributed by atoms with van der Waals surface area (Å²) in [6, 6.07) is 17.1. The second kappa shape index (κ2) is 6.67. The molecule has 0 bridgehead atoms. The molecule has 2 atom stereocenters. The van der Waals surface area contributed by atoms with Crippen LogP contribution in [-0.2, 0) is 9.53 Å². The van der Waals surface area contributed by atoms with Crippen LogP contribution in [0.4, 0.5) is 0 Å². The Hall–Kier alpha value is -2.59. The molecule has 3 N–H and O–H groups in total. The van der Waals surface area contributed by atoms with E-state index in [0.717, 1.165) is 22.0 Å². The van der Waals surface area contributed by atoms with E-state index in [1.165, 1.54) is 0 Å². The predicted octanol–water partition coefficient (Wildman–Crippen LogP) is 3.19. The number of aromatic nitrogens is 1. The third-order valence-corrected chi connectivity index (χ3v) is 4.03. The van der Waals surface area contributed by atoms with Crippen molar-refractivity contribution in [3.8, 4) is 0 Å². The minimum Gasteiger partial charge on any atom is -0.465 e. The summed E-state index contributed by atoms with van der Waals surface area (Å²) in [6.07, 6.45) is 1.93. The fraction of sp³-hybridized carbons (Fsp3) is 0.211. The molecule has 2 aromatic carbocycles. The van der Waals surface area contributed by atoms with Gasteiger partial charge in [0.15, 0.2) is 0 Å². The molecule has 1 aromatic heterocycles. The fourth-order valence-corrected chi connectivity index (χ4v) is 2.97. The first-order valence-corrected chi connectivity index (χ1v) is 7.75. The minimum atomic E-state index is -0.753. The van der Waals surface area contributed by atoms with Crippen molar-refractivity contribution in [2.45, 2.75) is 18.9 Å². The van der Waals surface area contributed by atoms with Crippen molar-refractivity contribution < 1.29 is 9.53 Å². The van der Waals surface area contributed by atoms with Crippen LogP contribution in [0.3, 0.4) is 0 Å². The van der Waals surface area contributed by atoms with Crippen molar-refractivity contribution >= 4 is 16.9 Å². The number of aromatic amines is 1. The van der Waals surface area contributed by atoms with Gasteiger partial charge in [0.1, 0.15) is 6.04 Å². The van der Waals surface area contributed by atoms with Gasteiger partial charge in [0, 0.05) is 23.0 Å². The summed E-state index contributed by atoms with van der Waals surface area (Å²) in [5, 5.41) is 1.07. The molecule has 0 aliphatic heterocycles. The summed E-state index contributed by atoms with van der Waals surface area (Å²) in [6.45, 7) is 2.11. The number of nitrogens with two attached hydrogens (primary N) is 1. The molecule has 0 fully saturated rings. The number of fused-ring (bicyclic) bond motifs is 1. The summed E-state index contributed by atoms with van der Waals surface area (Å²) in [5.41, 5.74) is 9.31. The molecule has 4 heteroatoms. The maximum Gasteiger partial charge on any atom is 0.323 e. The molecule has 0 saturated heterocycles. The highest BCUT2D eigenvalue weighted by Gasteiger charge is 2.30. The number of rotatable bonds is 5. The highest BCUT2D eigenvalue weighted by atomic mass is 16.5. The average molecular weight is 308 g/mol. The van der Waals surface area contributed by atoms with Gasteiger partial charge in [-0.15, -0.1) is 0 Å². The quantitative estimate of drug-likeness (QED) is 0.711. The summed E-state index contributed by atoms with van der Waals surface area (Å²) in [4.78, 5) is 15.5. The molecule has 0 aliphatic carbocycles. The number of nitrogens with one attached hydrogen (secondary N) is 1. The Morgan fingerprint density at radius 2 is 1.83 bits per heavy atom. The van der Waals surface area contributed by atoms with Gasteiger partial charge in [-0.25, -0.2) is 0 Å². The Morgan fingerprint density at radius 1 is 1.13 bits per heavy atom. The van der Waals surface area contributed by atoms with Crippen molar-refractivity contribution in [3.05, 3.63) is 71.9 Å². The molecule has 23 heavy (non-hydrogen) atoms. The van der Waals surface area contributed by atoms with Gasteiger partial charge in [-0.05, 0) is 24.1 Å². The highest BCUT2D eigenvalue weighted by molar-refractivity contribution is 5.86. The zero-order chi connectivity index (χ0) is 16.2. The molecule has 0 saturated carbocycles. The third-order valence-electron chi connectivity index (χ3n) is 4.03. The van der Waals surface area contributed by atoms with Crippen LogP contribution < -0.4 is 5.73 Å². The summed E-state index contributed by atoms with van der Waals surface area (Å²) < 4.78 is 5.14. The molecule has 118 valence electrons. The molecule has 3 aromatic rings. The Kier molecular flexibility index (Phi) is 4.44. The van der Waals surface area contributed by atoms with Crippen molar-refractivity contribution in [1.29, 1.82) is 0 Å². The number of carbonyl (C=O) groups is 1. The van der Waals surface area contributed by atoms with Crippen LogP contribution in [-0.4, -0.2) is 23.6 Å². The molecule has 4 nitrogen and oxygen atoms in total. The lowest BCUT2D eigenvalue weighted by molar-refractivity contribution is -0.145. The largest absolute Gasteiger partial charge is 0.465 e. The predicted molar refractivity (Wildman–Crippen MR) is 91.2 cm³/mol. The second-order valence-electron chi connectivity index (χ2n) is 5.46. The molecule has 0 amide bonds. The van der Waals surface area contributed by atoms with Crippen molar-refractivity contribution in [1.82, 2.24) is 4.98 Å². The first kappa shape index (κ1) is 15.3. The first-order chi connectivity index (χ1) is 11.2. The van der Waals surface area contributed by atoms with E-state index in [4.69, 9.17) is 10.5 Å². The van der Waals surface area contributed by atoms with Crippen LogP contribution in [0.15, 0.2) is 60.8 Å².